The molecule has 0 saturated heterocycles. The third-order valence-corrected chi connectivity index (χ3v) is 10.5. The minimum absolute atomic E-state index is 0.0695. The van der Waals surface area contributed by atoms with Crippen molar-refractivity contribution in [2.75, 3.05) is 0 Å². The van der Waals surface area contributed by atoms with Crippen LogP contribution in [0.1, 0.15) is 70.6 Å². The first-order valence-electron chi connectivity index (χ1n) is 13.5. The van der Waals surface area contributed by atoms with Crippen molar-refractivity contribution in [3.05, 3.63) is 65.4 Å². The summed E-state index contributed by atoms with van der Waals surface area (Å²) >= 11 is 0. The molecule has 7 rings (SSSR count). The zero-order valence-electron chi connectivity index (χ0n) is 21.1. The van der Waals surface area contributed by atoms with Gasteiger partial charge in [0, 0.05) is 24.1 Å². The van der Waals surface area contributed by atoms with Crippen LogP contribution >= 0.6 is 0 Å². The molecule has 0 aliphatic heterocycles. The van der Waals surface area contributed by atoms with E-state index in [9.17, 15) is 4.79 Å². The lowest BCUT2D eigenvalue weighted by Gasteiger charge is -2.57. The highest BCUT2D eigenvalue weighted by atomic mass is 16.5. The standard InChI is InChI=1S/C32H35NO2/c1-19(34)35-25-10-12-31(2)24(18-25)8-9-26-27(31)11-13-32(3)28(26)16-23-15-22-14-20-6-4-5-7-21(20)17-29(22)33-30(23)32/h4-8,14-15,17,25-28H,9-13,16,18H2,1-3H3/t25-,26?,27?,28?,31-,32-/m0/s1. The third kappa shape index (κ3) is 3.09. The number of pyridine rings is 1. The number of nitrogens with zero attached hydrogens (tertiary/aromatic N) is 1. The van der Waals surface area contributed by atoms with Crippen LogP contribution in [0, 0.1) is 23.2 Å². The molecule has 1 aromatic heterocycles. The summed E-state index contributed by atoms with van der Waals surface area (Å²) in [5.41, 5.74) is 6.00. The van der Waals surface area contributed by atoms with Gasteiger partial charge in [0.2, 0.25) is 0 Å². The quantitative estimate of drug-likeness (QED) is 0.215. The molecule has 0 radical (unpaired) electrons. The first-order valence-corrected chi connectivity index (χ1v) is 13.5. The van der Waals surface area contributed by atoms with Gasteiger partial charge >= 0.3 is 5.97 Å². The molecule has 0 spiro atoms. The average Bonchev–Trinajstić information content (AvgIpc) is 3.12. The zero-order chi connectivity index (χ0) is 23.9. The van der Waals surface area contributed by atoms with Crippen LogP contribution in [0.2, 0.25) is 0 Å². The Bertz CT molecular complexity index is 1410. The third-order valence-electron chi connectivity index (χ3n) is 10.5. The van der Waals surface area contributed by atoms with E-state index >= 15 is 0 Å². The molecule has 4 aliphatic carbocycles. The normalized spacial score (nSPS) is 35.6. The maximum absolute atomic E-state index is 11.6. The number of hydrogen-bond donors (Lipinski definition) is 0. The first-order chi connectivity index (χ1) is 16.8. The highest BCUT2D eigenvalue weighted by molar-refractivity contribution is 5.96. The molecular formula is C32H35NO2. The van der Waals surface area contributed by atoms with Gasteiger partial charge in [-0.15, -0.1) is 0 Å². The Labute approximate surface area is 208 Å². The highest BCUT2D eigenvalue weighted by Crippen LogP contribution is 2.64. The summed E-state index contributed by atoms with van der Waals surface area (Å²) < 4.78 is 5.63. The molecule has 0 N–H and O–H groups in total. The van der Waals surface area contributed by atoms with Crippen LogP contribution in [0.15, 0.2) is 54.1 Å². The number of aromatic nitrogens is 1. The lowest BCUT2D eigenvalue weighted by atomic mass is 9.48. The van der Waals surface area contributed by atoms with Crippen molar-refractivity contribution < 1.29 is 9.53 Å². The molecule has 180 valence electrons. The highest BCUT2D eigenvalue weighted by Gasteiger charge is 2.58. The predicted molar refractivity (Wildman–Crippen MR) is 140 cm³/mol. The van der Waals surface area contributed by atoms with Crippen LogP contribution < -0.4 is 0 Å². The van der Waals surface area contributed by atoms with Gasteiger partial charge in [-0.05, 0) is 96.2 Å². The van der Waals surface area contributed by atoms with Crippen molar-refractivity contribution in [2.45, 2.75) is 77.2 Å². The van der Waals surface area contributed by atoms with Crippen LogP contribution in [-0.4, -0.2) is 17.1 Å². The number of benzene rings is 2. The summed E-state index contributed by atoms with van der Waals surface area (Å²) in [4.78, 5) is 16.9. The van der Waals surface area contributed by atoms with Gasteiger partial charge in [-0.25, -0.2) is 0 Å². The van der Waals surface area contributed by atoms with E-state index in [0.29, 0.717) is 11.8 Å². The molecule has 6 atom stereocenters. The molecular weight excluding hydrogens is 430 g/mol. The molecule has 4 aliphatic rings. The Hall–Kier alpha value is -2.68. The second-order valence-electron chi connectivity index (χ2n) is 12.3. The molecule has 35 heavy (non-hydrogen) atoms. The first kappa shape index (κ1) is 21.6. The van der Waals surface area contributed by atoms with Crippen LogP contribution in [-0.2, 0) is 21.4 Å². The van der Waals surface area contributed by atoms with E-state index in [1.54, 1.807) is 12.5 Å². The van der Waals surface area contributed by atoms with Crippen molar-refractivity contribution in [2.24, 2.45) is 23.2 Å². The molecule has 0 amide bonds. The molecule has 3 aromatic rings. The van der Waals surface area contributed by atoms with Crippen molar-refractivity contribution in [3.8, 4) is 0 Å². The molecule has 2 fully saturated rings. The van der Waals surface area contributed by atoms with Crippen molar-refractivity contribution in [1.29, 1.82) is 0 Å². The fourth-order valence-electron chi connectivity index (χ4n) is 8.75. The van der Waals surface area contributed by atoms with E-state index in [1.807, 2.05) is 0 Å². The second kappa shape index (κ2) is 7.41. The summed E-state index contributed by atoms with van der Waals surface area (Å²) in [5, 5.41) is 3.85. The van der Waals surface area contributed by atoms with Crippen LogP contribution in [0.5, 0.6) is 0 Å². The van der Waals surface area contributed by atoms with Gasteiger partial charge in [-0.2, -0.15) is 0 Å². The number of rotatable bonds is 1. The molecule has 2 saturated carbocycles. The second-order valence-corrected chi connectivity index (χ2v) is 12.3. The minimum Gasteiger partial charge on any atom is -0.462 e. The Kier molecular flexibility index (Phi) is 4.57. The van der Waals surface area contributed by atoms with Crippen LogP contribution in [0.3, 0.4) is 0 Å². The smallest absolute Gasteiger partial charge is 0.302 e. The Balaban J connectivity index is 1.25. The Morgan fingerprint density at radius 3 is 2.51 bits per heavy atom. The fraction of sp³-hybridized carbons (Fsp3) is 0.500. The molecule has 2 aromatic carbocycles. The van der Waals surface area contributed by atoms with Gasteiger partial charge in [-0.3, -0.25) is 9.78 Å². The maximum atomic E-state index is 11.6. The van der Waals surface area contributed by atoms with Gasteiger partial charge in [-0.1, -0.05) is 49.8 Å². The Morgan fingerprint density at radius 2 is 1.71 bits per heavy atom. The summed E-state index contributed by atoms with van der Waals surface area (Å²) in [5.74, 6) is 1.96. The number of ether oxygens (including phenoxy) is 1. The number of allylic oxidation sites excluding steroid dienone is 1. The monoisotopic (exact) mass is 465 g/mol. The van der Waals surface area contributed by atoms with E-state index in [0.717, 1.165) is 37.1 Å². The van der Waals surface area contributed by atoms with Gasteiger partial charge in [0.25, 0.3) is 0 Å². The number of fused-ring (bicyclic) bond motifs is 9. The van der Waals surface area contributed by atoms with Crippen LogP contribution in [0.25, 0.3) is 21.7 Å². The fourth-order valence-corrected chi connectivity index (χ4v) is 8.75. The molecule has 3 unspecified atom stereocenters. The van der Waals surface area contributed by atoms with E-state index in [1.165, 1.54) is 46.7 Å². The number of hydrogen-bond acceptors (Lipinski definition) is 3. The number of carbonyl (C=O) groups is 1. The number of carbonyl (C=O) groups excluding carboxylic acids is 1. The largest absolute Gasteiger partial charge is 0.462 e. The van der Waals surface area contributed by atoms with Gasteiger partial charge in [0.1, 0.15) is 6.10 Å². The average molecular weight is 466 g/mol. The summed E-state index contributed by atoms with van der Waals surface area (Å²) in [6, 6.07) is 15.7. The topological polar surface area (TPSA) is 39.2 Å². The van der Waals surface area contributed by atoms with Crippen molar-refractivity contribution >= 4 is 27.6 Å². The molecule has 3 nitrogen and oxygen atoms in total. The molecule has 3 heteroatoms. The zero-order valence-corrected chi connectivity index (χ0v) is 21.1. The van der Waals surface area contributed by atoms with Crippen molar-refractivity contribution in [3.63, 3.8) is 0 Å². The van der Waals surface area contributed by atoms with Gasteiger partial charge in [0.05, 0.1) is 11.2 Å². The molecule has 0 bridgehead atoms. The van der Waals surface area contributed by atoms with Crippen LogP contribution in [0.4, 0.5) is 0 Å². The minimum atomic E-state index is -0.141. The lowest BCUT2D eigenvalue weighted by Crippen LogP contribution is -2.51. The van der Waals surface area contributed by atoms with E-state index in [-0.39, 0.29) is 22.9 Å². The maximum Gasteiger partial charge on any atom is 0.302 e. The molecule has 1 heterocycles. The van der Waals surface area contributed by atoms with Crippen molar-refractivity contribution in [1.82, 2.24) is 4.98 Å². The summed E-state index contributed by atoms with van der Waals surface area (Å²) in [6.45, 7) is 6.57. The van der Waals surface area contributed by atoms with Gasteiger partial charge in [0.15, 0.2) is 0 Å². The SMILES string of the molecule is CC(=O)O[C@H]1CC[C@@]2(C)C(=CCC3C2CC[C@]2(C)c4nc5cc6ccccc6cc5cc4CC32)C1. The van der Waals surface area contributed by atoms with E-state index in [4.69, 9.17) is 9.72 Å². The van der Waals surface area contributed by atoms with E-state index < -0.39 is 0 Å². The predicted octanol–water partition coefficient (Wildman–Crippen LogP) is 7.30. The van der Waals surface area contributed by atoms with Gasteiger partial charge < -0.3 is 4.74 Å². The number of esters is 1. The summed E-state index contributed by atoms with van der Waals surface area (Å²) in [6.07, 6.45) is 10.5. The lowest BCUT2D eigenvalue weighted by molar-refractivity contribution is -0.148. The Morgan fingerprint density at radius 1 is 0.943 bits per heavy atom. The van der Waals surface area contributed by atoms with E-state index in [2.05, 4.69) is 62.4 Å². The summed E-state index contributed by atoms with van der Waals surface area (Å²) in [7, 11) is 0.